The van der Waals surface area contributed by atoms with Gasteiger partial charge in [0.05, 0.1) is 12.0 Å². The normalized spacial score (nSPS) is 12.9. The van der Waals surface area contributed by atoms with E-state index in [9.17, 15) is 8.42 Å². The fourth-order valence-corrected chi connectivity index (χ4v) is 4.17. The highest BCUT2D eigenvalue weighted by molar-refractivity contribution is 9.10. The first-order valence-corrected chi connectivity index (χ1v) is 8.62. The van der Waals surface area contributed by atoms with E-state index in [0.717, 1.165) is 5.56 Å². The molecule has 2 aromatic rings. The van der Waals surface area contributed by atoms with Gasteiger partial charge < -0.3 is 4.74 Å². The molecule has 0 spiro atoms. The van der Waals surface area contributed by atoms with Crippen LogP contribution in [0.25, 0.3) is 0 Å². The Hall–Kier alpha value is -1.37. The van der Waals surface area contributed by atoms with Crippen LogP contribution in [0.3, 0.4) is 0 Å². The van der Waals surface area contributed by atoms with Crippen LogP contribution in [0.2, 0.25) is 0 Å². The van der Waals surface area contributed by atoms with Crippen LogP contribution in [0.15, 0.2) is 57.9 Å². The molecule has 0 aromatic heterocycles. The quantitative estimate of drug-likeness (QED) is 0.877. The van der Waals surface area contributed by atoms with Gasteiger partial charge in [0, 0.05) is 10.5 Å². The molecule has 0 bridgehead atoms. The predicted octanol–water partition coefficient (Wildman–Crippen LogP) is 3.50. The molecule has 2 rings (SSSR count). The maximum atomic E-state index is 12.4. The number of hydrogen-bond acceptors (Lipinski definition) is 3. The second-order valence-corrected chi connectivity index (χ2v) is 7.09. The van der Waals surface area contributed by atoms with E-state index in [-0.39, 0.29) is 10.9 Å². The van der Waals surface area contributed by atoms with Crippen molar-refractivity contribution in [3.05, 3.63) is 58.6 Å². The van der Waals surface area contributed by atoms with Crippen LogP contribution in [0.4, 0.5) is 0 Å². The Labute approximate surface area is 133 Å². The summed E-state index contributed by atoms with van der Waals surface area (Å²) in [5.41, 5.74) is 0.838. The van der Waals surface area contributed by atoms with Crippen molar-refractivity contribution in [1.29, 1.82) is 0 Å². The van der Waals surface area contributed by atoms with Crippen LogP contribution in [-0.4, -0.2) is 15.5 Å². The first-order chi connectivity index (χ1) is 9.94. The van der Waals surface area contributed by atoms with Crippen molar-refractivity contribution < 1.29 is 13.2 Å². The number of sulfonamides is 1. The third-order valence-electron chi connectivity index (χ3n) is 3.05. The summed E-state index contributed by atoms with van der Waals surface area (Å²) in [6.45, 7) is 1.79. The molecular formula is C15H16BrNO3S. The lowest BCUT2D eigenvalue weighted by Gasteiger charge is -2.16. The molecule has 0 amide bonds. The van der Waals surface area contributed by atoms with Gasteiger partial charge in [-0.05, 0) is 52.7 Å². The van der Waals surface area contributed by atoms with Crippen LogP contribution >= 0.6 is 15.9 Å². The second kappa shape index (κ2) is 6.60. The summed E-state index contributed by atoms with van der Waals surface area (Å²) in [6.07, 6.45) is 0. The summed E-state index contributed by atoms with van der Waals surface area (Å²) in [7, 11) is -2.02. The van der Waals surface area contributed by atoms with E-state index in [1.54, 1.807) is 38.3 Å². The van der Waals surface area contributed by atoms with E-state index in [2.05, 4.69) is 20.7 Å². The van der Waals surface area contributed by atoms with Gasteiger partial charge in [-0.2, -0.15) is 0 Å². The van der Waals surface area contributed by atoms with Gasteiger partial charge in [-0.1, -0.05) is 24.3 Å². The number of halogens is 1. The van der Waals surface area contributed by atoms with Gasteiger partial charge in [-0.25, -0.2) is 13.1 Å². The Morgan fingerprint density at radius 2 is 1.86 bits per heavy atom. The molecule has 0 unspecified atom stereocenters. The Morgan fingerprint density at radius 3 is 2.52 bits per heavy atom. The fraction of sp³-hybridized carbons (Fsp3) is 0.200. The van der Waals surface area contributed by atoms with E-state index in [4.69, 9.17) is 4.74 Å². The van der Waals surface area contributed by atoms with Crippen LogP contribution in [0.5, 0.6) is 5.75 Å². The number of ether oxygens (including phenoxy) is 1. The Morgan fingerprint density at radius 1 is 1.14 bits per heavy atom. The maximum Gasteiger partial charge on any atom is 0.242 e. The molecule has 0 fully saturated rings. The van der Waals surface area contributed by atoms with Crippen molar-refractivity contribution in [3.8, 4) is 5.75 Å². The molecular weight excluding hydrogens is 354 g/mol. The van der Waals surface area contributed by atoms with Gasteiger partial charge in [-0.3, -0.25) is 0 Å². The molecule has 21 heavy (non-hydrogen) atoms. The van der Waals surface area contributed by atoms with E-state index < -0.39 is 10.0 Å². The number of hydrogen-bond donors (Lipinski definition) is 1. The number of nitrogens with one attached hydrogen (secondary N) is 1. The van der Waals surface area contributed by atoms with Gasteiger partial charge in [-0.15, -0.1) is 0 Å². The van der Waals surface area contributed by atoms with Crippen molar-refractivity contribution in [2.45, 2.75) is 17.9 Å². The molecule has 0 saturated heterocycles. The largest absolute Gasteiger partial charge is 0.497 e. The highest BCUT2D eigenvalue weighted by Gasteiger charge is 2.20. The predicted molar refractivity (Wildman–Crippen MR) is 85.9 cm³/mol. The Balaban J connectivity index is 2.26. The first-order valence-electron chi connectivity index (χ1n) is 6.35. The highest BCUT2D eigenvalue weighted by atomic mass is 79.9. The van der Waals surface area contributed by atoms with E-state index in [0.29, 0.717) is 10.2 Å². The maximum absolute atomic E-state index is 12.4. The molecule has 0 aliphatic rings. The summed E-state index contributed by atoms with van der Waals surface area (Å²) in [5, 5.41) is 0. The minimum atomic E-state index is -3.60. The van der Waals surface area contributed by atoms with E-state index >= 15 is 0 Å². The van der Waals surface area contributed by atoms with Crippen molar-refractivity contribution in [2.24, 2.45) is 0 Å². The zero-order valence-electron chi connectivity index (χ0n) is 11.7. The SMILES string of the molecule is COc1cccc([C@@H](C)NS(=O)(=O)c2ccccc2Br)c1. The Kier molecular flexibility index (Phi) is 5.03. The molecule has 1 atom stereocenters. The number of benzene rings is 2. The number of methoxy groups -OCH3 is 1. The lowest BCUT2D eigenvalue weighted by molar-refractivity contribution is 0.413. The molecule has 0 aliphatic carbocycles. The molecule has 6 heteroatoms. The van der Waals surface area contributed by atoms with Crippen molar-refractivity contribution in [3.63, 3.8) is 0 Å². The summed E-state index contributed by atoms with van der Waals surface area (Å²) >= 11 is 3.26. The molecule has 0 heterocycles. The van der Waals surface area contributed by atoms with Crippen molar-refractivity contribution >= 4 is 26.0 Å². The summed E-state index contributed by atoms with van der Waals surface area (Å²) < 4.78 is 33.2. The third-order valence-corrected chi connectivity index (χ3v) is 5.60. The summed E-state index contributed by atoms with van der Waals surface area (Å²) in [6, 6.07) is 13.7. The average molecular weight is 370 g/mol. The lowest BCUT2D eigenvalue weighted by Crippen LogP contribution is -2.27. The summed E-state index contributed by atoms with van der Waals surface area (Å²) in [5.74, 6) is 0.694. The van der Waals surface area contributed by atoms with E-state index in [1.165, 1.54) is 0 Å². The van der Waals surface area contributed by atoms with Gasteiger partial charge in [0.1, 0.15) is 5.75 Å². The molecule has 0 aliphatic heterocycles. The molecule has 0 radical (unpaired) electrons. The zero-order valence-corrected chi connectivity index (χ0v) is 14.1. The third kappa shape index (κ3) is 3.84. The van der Waals surface area contributed by atoms with Crippen LogP contribution in [0.1, 0.15) is 18.5 Å². The monoisotopic (exact) mass is 369 g/mol. The second-order valence-electron chi connectivity index (χ2n) is 4.55. The van der Waals surface area contributed by atoms with Crippen LogP contribution in [0, 0.1) is 0 Å². The van der Waals surface area contributed by atoms with Crippen molar-refractivity contribution in [2.75, 3.05) is 7.11 Å². The zero-order chi connectivity index (χ0) is 15.5. The minimum absolute atomic E-state index is 0.222. The molecule has 1 N–H and O–H groups in total. The Bertz CT molecular complexity index is 731. The topological polar surface area (TPSA) is 55.4 Å². The van der Waals surface area contributed by atoms with Gasteiger partial charge in [0.25, 0.3) is 0 Å². The van der Waals surface area contributed by atoms with Crippen LogP contribution < -0.4 is 9.46 Å². The minimum Gasteiger partial charge on any atom is -0.497 e. The van der Waals surface area contributed by atoms with Crippen molar-refractivity contribution in [1.82, 2.24) is 4.72 Å². The smallest absolute Gasteiger partial charge is 0.242 e. The van der Waals surface area contributed by atoms with Crippen LogP contribution in [-0.2, 0) is 10.0 Å². The van der Waals surface area contributed by atoms with E-state index in [1.807, 2.05) is 24.3 Å². The first kappa shape index (κ1) is 16.0. The summed E-state index contributed by atoms with van der Waals surface area (Å²) in [4.78, 5) is 0.222. The lowest BCUT2D eigenvalue weighted by atomic mass is 10.1. The fourth-order valence-electron chi connectivity index (χ4n) is 1.94. The number of rotatable bonds is 5. The average Bonchev–Trinajstić information content (AvgIpc) is 2.47. The molecule has 4 nitrogen and oxygen atoms in total. The van der Waals surface area contributed by atoms with Gasteiger partial charge in [0.15, 0.2) is 0 Å². The highest BCUT2D eigenvalue weighted by Crippen LogP contribution is 2.24. The standard InChI is InChI=1S/C15H16BrNO3S/c1-11(12-6-5-7-13(10-12)20-2)17-21(18,19)15-9-4-3-8-14(15)16/h3-11,17H,1-2H3/t11-/m1/s1. The molecule has 0 saturated carbocycles. The molecule has 112 valence electrons. The van der Waals surface area contributed by atoms with Gasteiger partial charge >= 0.3 is 0 Å². The van der Waals surface area contributed by atoms with Gasteiger partial charge in [0.2, 0.25) is 10.0 Å². The molecule has 2 aromatic carbocycles.